The van der Waals surface area contributed by atoms with E-state index in [2.05, 4.69) is 0 Å². The van der Waals surface area contributed by atoms with Crippen molar-refractivity contribution >= 4 is 10.8 Å². The van der Waals surface area contributed by atoms with Gasteiger partial charge in [-0.3, -0.25) is 0 Å². The molecule has 0 aliphatic rings. The Labute approximate surface area is 199 Å². The Bertz CT molecular complexity index is 1220. The summed E-state index contributed by atoms with van der Waals surface area (Å²) < 4.78 is 61.2. The van der Waals surface area contributed by atoms with E-state index in [0.29, 0.717) is 16.3 Å². The lowest BCUT2D eigenvalue weighted by Gasteiger charge is -2.10. The van der Waals surface area contributed by atoms with Gasteiger partial charge >= 0.3 is 0 Å². The number of fused-ring (bicyclic) bond motifs is 1. The van der Waals surface area contributed by atoms with Crippen molar-refractivity contribution in [2.75, 3.05) is 0 Å². The van der Waals surface area contributed by atoms with Crippen LogP contribution in [0.3, 0.4) is 0 Å². The van der Waals surface area contributed by atoms with Gasteiger partial charge in [-0.1, -0.05) is 64.1 Å². The molecule has 0 unspecified atom stereocenters. The molecular weight excluding hydrogens is 440 g/mol. The van der Waals surface area contributed by atoms with Crippen LogP contribution in [0.4, 0.5) is 17.6 Å². The van der Waals surface area contributed by atoms with Crippen LogP contribution in [0, 0.1) is 37.1 Å². The minimum Gasteiger partial charge on any atom is -0.483 e. The van der Waals surface area contributed by atoms with Gasteiger partial charge in [-0.15, -0.1) is 0 Å². The minimum atomic E-state index is -0.741. The second kappa shape index (κ2) is 12.2. The van der Waals surface area contributed by atoms with E-state index in [9.17, 15) is 17.6 Å². The van der Waals surface area contributed by atoms with Gasteiger partial charge < -0.3 is 4.74 Å². The largest absolute Gasteiger partial charge is 0.483 e. The molecule has 0 aromatic heterocycles. The van der Waals surface area contributed by atoms with E-state index < -0.39 is 29.0 Å². The van der Waals surface area contributed by atoms with Crippen LogP contribution in [0.2, 0.25) is 0 Å². The van der Waals surface area contributed by atoms with Crippen molar-refractivity contribution in [1.29, 1.82) is 0 Å². The average molecular weight is 471 g/mol. The predicted octanol–water partition coefficient (Wildman–Crippen LogP) is 9.31. The summed E-state index contributed by atoms with van der Waals surface area (Å²) in [6.45, 7) is 11.0. The Balaban J connectivity index is 0.000000970. The summed E-state index contributed by atoms with van der Waals surface area (Å²) >= 11 is 0. The molecule has 0 amide bonds. The molecule has 5 heteroatoms. The topological polar surface area (TPSA) is 9.23 Å². The molecule has 0 spiro atoms. The summed E-state index contributed by atoms with van der Waals surface area (Å²) in [5, 5.41) is 0.843. The van der Waals surface area contributed by atoms with Gasteiger partial charge in [-0.2, -0.15) is 0 Å². The maximum absolute atomic E-state index is 14.2. The standard InChI is InChI=1S/C25H18F4O.2C2H6/c1-14-9-22(27)25(23(28)10-14)30-13-16-3-5-17(6-4-16)18-7-8-20-19(11-18)12-21(26)15(2)24(20)29;2*1-2/h3-12H,13H2,1-2H3;2*1-2H3. The second-order valence-corrected chi connectivity index (χ2v) is 7.28. The van der Waals surface area contributed by atoms with E-state index in [1.807, 2.05) is 39.8 Å². The van der Waals surface area contributed by atoms with E-state index >= 15 is 0 Å². The fraction of sp³-hybridized carbons (Fsp3) is 0.241. The number of hydrogen-bond donors (Lipinski definition) is 0. The molecule has 0 atom stereocenters. The van der Waals surface area contributed by atoms with E-state index in [0.717, 1.165) is 16.7 Å². The van der Waals surface area contributed by atoms with Crippen LogP contribution in [0.15, 0.2) is 60.7 Å². The molecule has 0 aliphatic heterocycles. The van der Waals surface area contributed by atoms with Gasteiger partial charge in [-0.05, 0) is 65.8 Å². The van der Waals surface area contributed by atoms with Gasteiger partial charge in [0.25, 0.3) is 0 Å². The number of hydrogen-bond acceptors (Lipinski definition) is 1. The molecule has 0 heterocycles. The first kappa shape index (κ1) is 26.9. The third-order valence-corrected chi connectivity index (χ3v) is 5.07. The fourth-order valence-electron chi connectivity index (χ4n) is 3.39. The lowest BCUT2D eigenvalue weighted by atomic mass is 9.99. The Hall–Kier alpha value is -3.34. The van der Waals surface area contributed by atoms with E-state index in [1.165, 1.54) is 25.1 Å². The smallest absolute Gasteiger partial charge is 0.191 e. The molecule has 4 rings (SSSR count). The number of aryl methyl sites for hydroxylation is 1. The lowest BCUT2D eigenvalue weighted by Crippen LogP contribution is -2.00. The first-order valence-electron chi connectivity index (χ1n) is 11.4. The van der Waals surface area contributed by atoms with Gasteiger partial charge in [0.05, 0.1) is 0 Å². The van der Waals surface area contributed by atoms with E-state index in [4.69, 9.17) is 4.74 Å². The van der Waals surface area contributed by atoms with Gasteiger partial charge in [-0.25, -0.2) is 17.6 Å². The first-order valence-corrected chi connectivity index (χ1v) is 11.4. The van der Waals surface area contributed by atoms with Crippen molar-refractivity contribution in [1.82, 2.24) is 0 Å². The van der Waals surface area contributed by atoms with Gasteiger partial charge in [0.2, 0.25) is 0 Å². The Morgan fingerprint density at radius 2 is 1.21 bits per heavy atom. The molecule has 0 aliphatic carbocycles. The minimum absolute atomic E-state index is 0.000975. The van der Waals surface area contributed by atoms with Crippen LogP contribution < -0.4 is 4.74 Å². The van der Waals surface area contributed by atoms with E-state index in [1.54, 1.807) is 37.3 Å². The molecule has 0 saturated carbocycles. The quantitative estimate of drug-likeness (QED) is 0.270. The molecule has 0 N–H and O–H groups in total. The molecule has 34 heavy (non-hydrogen) atoms. The van der Waals surface area contributed by atoms with Crippen molar-refractivity contribution in [2.45, 2.75) is 48.1 Å². The summed E-state index contributed by atoms with van der Waals surface area (Å²) in [5.74, 6) is -3.02. The third kappa shape index (κ3) is 5.96. The molecule has 180 valence electrons. The second-order valence-electron chi connectivity index (χ2n) is 7.28. The SMILES string of the molecule is CC.CC.Cc1cc(F)c(OCc2ccc(-c3ccc4c(F)c(C)c(F)cc4c3)cc2)c(F)c1. The van der Waals surface area contributed by atoms with Crippen molar-refractivity contribution < 1.29 is 22.3 Å². The van der Waals surface area contributed by atoms with E-state index in [-0.39, 0.29) is 12.2 Å². The third-order valence-electron chi connectivity index (χ3n) is 5.07. The normalized spacial score (nSPS) is 10.2. The lowest BCUT2D eigenvalue weighted by molar-refractivity contribution is 0.274. The first-order chi connectivity index (χ1) is 16.3. The average Bonchev–Trinajstić information content (AvgIpc) is 2.84. The number of rotatable bonds is 4. The molecule has 1 nitrogen and oxygen atoms in total. The van der Waals surface area contributed by atoms with Crippen molar-refractivity contribution in [2.24, 2.45) is 0 Å². The van der Waals surface area contributed by atoms with Crippen LogP contribution in [-0.2, 0) is 6.61 Å². The van der Waals surface area contributed by atoms with Gasteiger partial charge in [0, 0.05) is 10.9 Å². The monoisotopic (exact) mass is 470 g/mol. The zero-order valence-corrected chi connectivity index (χ0v) is 20.4. The highest BCUT2D eigenvalue weighted by Gasteiger charge is 2.13. The summed E-state index contributed by atoms with van der Waals surface area (Å²) in [6.07, 6.45) is 0. The van der Waals surface area contributed by atoms with Gasteiger partial charge in [0.15, 0.2) is 17.4 Å². The molecule has 0 saturated heterocycles. The maximum Gasteiger partial charge on any atom is 0.191 e. The van der Waals surface area contributed by atoms with Crippen molar-refractivity contribution in [3.63, 3.8) is 0 Å². The molecule has 0 radical (unpaired) electrons. The summed E-state index contributed by atoms with van der Waals surface area (Å²) in [6, 6.07) is 16.1. The highest BCUT2D eigenvalue weighted by atomic mass is 19.1. The van der Waals surface area contributed by atoms with Crippen molar-refractivity contribution in [3.8, 4) is 16.9 Å². The summed E-state index contributed by atoms with van der Waals surface area (Å²) in [5.41, 5.74) is 2.85. The maximum atomic E-state index is 14.2. The highest BCUT2D eigenvalue weighted by Crippen LogP contribution is 2.29. The number of benzene rings is 4. The zero-order valence-electron chi connectivity index (χ0n) is 20.4. The molecular formula is C29H30F4O. The fourth-order valence-corrected chi connectivity index (χ4v) is 3.39. The van der Waals surface area contributed by atoms with Gasteiger partial charge in [0.1, 0.15) is 18.2 Å². The van der Waals surface area contributed by atoms with Crippen LogP contribution in [0.1, 0.15) is 44.4 Å². The van der Waals surface area contributed by atoms with Crippen LogP contribution in [-0.4, -0.2) is 0 Å². The molecule has 4 aromatic rings. The zero-order chi connectivity index (χ0) is 25.4. The predicted molar refractivity (Wildman–Crippen MR) is 132 cm³/mol. The Morgan fingerprint density at radius 1 is 0.647 bits per heavy atom. The summed E-state index contributed by atoms with van der Waals surface area (Å²) in [4.78, 5) is 0. The highest BCUT2D eigenvalue weighted by molar-refractivity contribution is 5.88. The summed E-state index contributed by atoms with van der Waals surface area (Å²) in [7, 11) is 0. The number of halogens is 4. The molecule has 0 bridgehead atoms. The molecule has 0 fully saturated rings. The Morgan fingerprint density at radius 3 is 1.79 bits per heavy atom. The van der Waals surface area contributed by atoms with Crippen LogP contribution >= 0.6 is 0 Å². The Kier molecular flexibility index (Phi) is 9.67. The molecule has 4 aromatic carbocycles. The van der Waals surface area contributed by atoms with Crippen LogP contribution in [0.25, 0.3) is 21.9 Å². The number of ether oxygens (including phenoxy) is 1. The van der Waals surface area contributed by atoms with Crippen molar-refractivity contribution in [3.05, 3.63) is 101 Å². The van der Waals surface area contributed by atoms with Crippen LogP contribution in [0.5, 0.6) is 5.75 Å².